The van der Waals surface area contributed by atoms with E-state index in [1.165, 1.54) is 12.1 Å². The molecule has 0 heterocycles. The van der Waals surface area contributed by atoms with Crippen LogP contribution in [0.3, 0.4) is 0 Å². The van der Waals surface area contributed by atoms with Gasteiger partial charge in [-0.1, -0.05) is 42.5 Å². The fourth-order valence-corrected chi connectivity index (χ4v) is 2.84. The van der Waals surface area contributed by atoms with Gasteiger partial charge in [-0.2, -0.15) is 0 Å². The summed E-state index contributed by atoms with van der Waals surface area (Å²) >= 11 is 0. The molecule has 2 atom stereocenters. The van der Waals surface area contributed by atoms with Crippen LogP contribution in [0.1, 0.15) is 24.0 Å². The number of hydrogen-bond acceptors (Lipinski definition) is 6. The zero-order chi connectivity index (χ0) is 22.6. The number of alkyl carbamates (subject to hydrolysis) is 1. The molecule has 2 amide bonds. The number of ether oxygens (including phenoxy) is 1. The molecule has 2 rings (SSSR count). The molecule has 6 N–H and O–H groups in total. The summed E-state index contributed by atoms with van der Waals surface area (Å²) < 4.78 is 5.15. The first-order valence-corrected chi connectivity index (χ1v) is 9.87. The van der Waals surface area contributed by atoms with E-state index in [0.29, 0.717) is 18.5 Å². The Hall–Kier alpha value is -3.59. The number of aliphatic carboxylic acids is 1. The standard InChI is InChI=1S/C22H27N3O6/c23-12-4-7-18(25-22(30)31-14-16-5-2-1-3-6-16)20(27)24-19(21(28)29)13-15-8-10-17(26)11-9-15/h1-3,5-6,8-11,18-19,26H,4,7,12-14,23H2,(H,24,27)(H,25,30)(H,28,29)/t18-,19-/m0/s1. The quantitative estimate of drug-likeness (QED) is 0.363. The molecule has 2 aromatic carbocycles. The number of hydrogen-bond donors (Lipinski definition) is 5. The number of phenolic OH excluding ortho intramolecular Hbond substituents is 1. The van der Waals surface area contributed by atoms with Crippen LogP contribution in [-0.4, -0.2) is 46.8 Å². The number of nitrogens with one attached hydrogen (secondary N) is 2. The minimum Gasteiger partial charge on any atom is -0.508 e. The minimum atomic E-state index is -1.22. The number of phenols is 1. The molecule has 9 nitrogen and oxygen atoms in total. The van der Waals surface area contributed by atoms with E-state index in [9.17, 15) is 24.6 Å². The lowest BCUT2D eigenvalue weighted by Crippen LogP contribution is -2.52. The normalized spacial score (nSPS) is 12.4. The fraction of sp³-hybridized carbons (Fsp3) is 0.318. The average Bonchev–Trinajstić information content (AvgIpc) is 2.76. The van der Waals surface area contributed by atoms with Gasteiger partial charge in [0.05, 0.1) is 0 Å². The van der Waals surface area contributed by atoms with Crippen LogP contribution < -0.4 is 16.4 Å². The third kappa shape index (κ3) is 8.35. The highest BCUT2D eigenvalue weighted by atomic mass is 16.5. The zero-order valence-corrected chi connectivity index (χ0v) is 17.0. The molecule has 0 aliphatic rings. The Morgan fingerprint density at radius 1 is 0.935 bits per heavy atom. The largest absolute Gasteiger partial charge is 0.508 e. The molecule has 166 valence electrons. The molecule has 0 aliphatic carbocycles. The first-order chi connectivity index (χ1) is 14.9. The van der Waals surface area contributed by atoms with Gasteiger partial charge >= 0.3 is 12.1 Å². The average molecular weight is 429 g/mol. The lowest BCUT2D eigenvalue weighted by molar-refractivity contribution is -0.142. The van der Waals surface area contributed by atoms with Gasteiger partial charge in [-0.3, -0.25) is 4.79 Å². The van der Waals surface area contributed by atoms with E-state index in [1.807, 2.05) is 18.2 Å². The smallest absolute Gasteiger partial charge is 0.408 e. The van der Waals surface area contributed by atoms with E-state index in [1.54, 1.807) is 24.3 Å². The summed E-state index contributed by atoms with van der Waals surface area (Å²) in [7, 11) is 0. The number of carbonyl (C=O) groups is 3. The second-order valence-corrected chi connectivity index (χ2v) is 6.96. The van der Waals surface area contributed by atoms with Crippen LogP contribution in [0, 0.1) is 0 Å². The number of nitrogens with two attached hydrogens (primary N) is 1. The second-order valence-electron chi connectivity index (χ2n) is 6.96. The molecule has 0 aromatic heterocycles. The fourth-order valence-electron chi connectivity index (χ4n) is 2.84. The predicted octanol–water partition coefficient (Wildman–Crippen LogP) is 1.54. The van der Waals surface area contributed by atoms with Crippen LogP contribution in [0.2, 0.25) is 0 Å². The highest BCUT2D eigenvalue weighted by Gasteiger charge is 2.27. The molecular weight excluding hydrogens is 402 g/mol. The van der Waals surface area contributed by atoms with Crippen LogP contribution in [-0.2, 0) is 27.4 Å². The van der Waals surface area contributed by atoms with Crippen molar-refractivity contribution in [1.29, 1.82) is 0 Å². The van der Waals surface area contributed by atoms with E-state index in [4.69, 9.17) is 10.5 Å². The first kappa shape index (κ1) is 23.7. The number of benzene rings is 2. The topological polar surface area (TPSA) is 151 Å². The van der Waals surface area contributed by atoms with Crippen molar-refractivity contribution in [2.75, 3.05) is 6.54 Å². The van der Waals surface area contributed by atoms with Crippen molar-refractivity contribution in [3.8, 4) is 5.75 Å². The molecule has 0 bridgehead atoms. The van der Waals surface area contributed by atoms with Gasteiger partial charge in [0.2, 0.25) is 5.91 Å². The molecule has 0 saturated heterocycles. The molecule has 0 aliphatic heterocycles. The van der Waals surface area contributed by atoms with Gasteiger partial charge in [0, 0.05) is 6.42 Å². The Kier molecular flexibility index (Phi) is 9.31. The summed E-state index contributed by atoms with van der Waals surface area (Å²) in [6.45, 7) is 0.344. The van der Waals surface area contributed by atoms with Gasteiger partial charge in [-0.15, -0.1) is 0 Å². The molecule has 0 radical (unpaired) electrons. The van der Waals surface area contributed by atoms with Crippen LogP contribution in [0.25, 0.3) is 0 Å². The molecule has 0 saturated carbocycles. The van der Waals surface area contributed by atoms with Gasteiger partial charge in [0.1, 0.15) is 24.4 Å². The van der Waals surface area contributed by atoms with E-state index < -0.39 is 30.1 Å². The lowest BCUT2D eigenvalue weighted by atomic mass is 10.0. The minimum absolute atomic E-state index is 0.0173. The van der Waals surface area contributed by atoms with Crippen LogP contribution in [0.4, 0.5) is 4.79 Å². The number of carbonyl (C=O) groups excluding carboxylic acids is 2. The number of amides is 2. The van der Waals surface area contributed by atoms with Gasteiger partial charge in [-0.05, 0) is 42.6 Å². The van der Waals surface area contributed by atoms with Crippen LogP contribution in [0.15, 0.2) is 54.6 Å². The van der Waals surface area contributed by atoms with Gasteiger partial charge in [-0.25, -0.2) is 9.59 Å². The summed E-state index contributed by atoms with van der Waals surface area (Å²) in [5, 5.41) is 23.8. The second kappa shape index (κ2) is 12.2. The third-order valence-electron chi connectivity index (χ3n) is 4.51. The number of carboxylic acid groups (broad SMARTS) is 1. The van der Waals surface area contributed by atoms with Crippen molar-refractivity contribution >= 4 is 18.0 Å². The maximum absolute atomic E-state index is 12.7. The van der Waals surface area contributed by atoms with E-state index in [2.05, 4.69) is 10.6 Å². The van der Waals surface area contributed by atoms with Crippen molar-refractivity contribution in [2.24, 2.45) is 5.73 Å². The number of carboxylic acids is 1. The first-order valence-electron chi connectivity index (χ1n) is 9.87. The summed E-state index contributed by atoms with van der Waals surface area (Å²) in [4.78, 5) is 36.5. The van der Waals surface area contributed by atoms with Gasteiger partial charge in [0.15, 0.2) is 0 Å². The highest BCUT2D eigenvalue weighted by Crippen LogP contribution is 2.12. The maximum Gasteiger partial charge on any atom is 0.408 e. The predicted molar refractivity (Wildman–Crippen MR) is 113 cm³/mol. The van der Waals surface area contributed by atoms with Gasteiger partial charge < -0.3 is 31.3 Å². The third-order valence-corrected chi connectivity index (χ3v) is 4.51. The number of rotatable bonds is 11. The van der Waals surface area contributed by atoms with Crippen molar-refractivity contribution in [2.45, 2.75) is 38.0 Å². The molecular formula is C22H27N3O6. The Morgan fingerprint density at radius 2 is 1.61 bits per heavy atom. The Labute approximate surface area is 180 Å². The molecule has 9 heteroatoms. The Balaban J connectivity index is 1.97. The summed E-state index contributed by atoms with van der Waals surface area (Å²) in [5.41, 5.74) is 6.93. The van der Waals surface area contributed by atoms with Crippen LogP contribution >= 0.6 is 0 Å². The maximum atomic E-state index is 12.7. The molecule has 31 heavy (non-hydrogen) atoms. The molecule has 0 fully saturated rings. The van der Waals surface area contributed by atoms with E-state index >= 15 is 0 Å². The number of aromatic hydroxyl groups is 1. The van der Waals surface area contributed by atoms with E-state index in [-0.39, 0.29) is 25.2 Å². The van der Waals surface area contributed by atoms with E-state index in [0.717, 1.165) is 5.56 Å². The molecule has 0 spiro atoms. The molecule has 0 unspecified atom stereocenters. The van der Waals surface area contributed by atoms with Crippen molar-refractivity contribution < 1.29 is 29.3 Å². The lowest BCUT2D eigenvalue weighted by Gasteiger charge is -2.21. The SMILES string of the molecule is NCCC[C@H](NC(=O)OCc1ccccc1)C(=O)N[C@@H](Cc1ccc(O)cc1)C(=O)O. The molecule has 2 aromatic rings. The Bertz CT molecular complexity index is 857. The van der Waals surface area contributed by atoms with Crippen molar-refractivity contribution in [1.82, 2.24) is 10.6 Å². The van der Waals surface area contributed by atoms with Crippen molar-refractivity contribution in [3.63, 3.8) is 0 Å². The monoisotopic (exact) mass is 429 g/mol. The summed E-state index contributed by atoms with van der Waals surface area (Å²) in [5.74, 6) is -1.80. The summed E-state index contributed by atoms with van der Waals surface area (Å²) in [6.07, 6.45) is -0.0868. The zero-order valence-electron chi connectivity index (χ0n) is 17.0. The summed E-state index contributed by atoms with van der Waals surface area (Å²) in [6, 6.07) is 12.9. The Morgan fingerprint density at radius 3 is 2.23 bits per heavy atom. The van der Waals surface area contributed by atoms with Crippen molar-refractivity contribution in [3.05, 3.63) is 65.7 Å². The highest BCUT2D eigenvalue weighted by molar-refractivity contribution is 5.89. The van der Waals surface area contributed by atoms with Crippen LogP contribution in [0.5, 0.6) is 5.75 Å². The van der Waals surface area contributed by atoms with Gasteiger partial charge in [0.25, 0.3) is 0 Å².